The number of benzene rings is 2. The van der Waals surface area contributed by atoms with Gasteiger partial charge < -0.3 is 9.64 Å². The molecule has 1 atom stereocenters. The van der Waals surface area contributed by atoms with Gasteiger partial charge in [0, 0.05) is 7.05 Å². The highest BCUT2D eigenvalue weighted by Crippen LogP contribution is 2.32. The third-order valence-electron chi connectivity index (χ3n) is 4.00. The van der Waals surface area contributed by atoms with Gasteiger partial charge in [0.15, 0.2) is 6.10 Å². The molecule has 1 unspecified atom stereocenters. The molecule has 2 aromatic carbocycles. The van der Waals surface area contributed by atoms with Crippen LogP contribution in [0.25, 0.3) is 0 Å². The summed E-state index contributed by atoms with van der Waals surface area (Å²) in [6, 6.07) is 10.5. The Kier molecular flexibility index (Phi) is 4.49. The van der Waals surface area contributed by atoms with Gasteiger partial charge in [-0.15, -0.1) is 0 Å². The largest absolute Gasteiger partial charge is 0.477 e. The van der Waals surface area contributed by atoms with Gasteiger partial charge in [-0.2, -0.15) is 0 Å². The van der Waals surface area contributed by atoms with E-state index < -0.39 is 21.9 Å². The van der Waals surface area contributed by atoms with Crippen LogP contribution in [0.4, 0.5) is 10.1 Å². The molecule has 0 radical (unpaired) electrons. The molecule has 0 aromatic heterocycles. The number of nitrogens with one attached hydrogen (secondary N) is 1. The number of halogens is 1. The fraction of sp³-hybridized carbons (Fsp3) is 0.235. The Morgan fingerprint density at radius 2 is 1.96 bits per heavy atom. The molecule has 132 valence electrons. The summed E-state index contributed by atoms with van der Waals surface area (Å²) < 4.78 is 46.0. The average Bonchev–Trinajstić information content (AvgIpc) is 2.59. The molecule has 1 heterocycles. The Labute approximate surface area is 145 Å². The Balaban J connectivity index is 1.77. The van der Waals surface area contributed by atoms with Crippen LogP contribution in [0.3, 0.4) is 0 Å². The van der Waals surface area contributed by atoms with Gasteiger partial charge in [0.25, 0.3) is 5.91 Å². The summed E-state index contributed by atoms with van der Waals surface area (Å²) in [5.74, 6) is -0.328. The van der Waals surface area contributed by atoms with Crippen molar-refractivity contribution in [2.45, 2.75) is 17.9 Å². The first-order chi connectivity index (χ1) is 11.8. The normalized spacial score (nSPS) is 17.2. The minimum Gasteiger partial charge on any atom is -0.477 e. The van der Waals surface area contributed by atoms with E-state index in [1.807, 2.05) is 0 Å². The second-order valence-electron chi connectivity index (χ2n) is 5.73. The van der Waals surface area contributed by atoms with Crippen LogP contribution >= 0.6 is 0 Å². The molecule has 3 rings (SSSR count). The number of ether oxygens (including phenoxy) is 1. The van der Waals surface area contributed by atoms with Gasteiger partial charge >= 0.3 is 0 Å². The summed E-state index contributed by atoms with van der Waals surface area (Å²) in [5.41, 5.74) is 0.849. The molecular weight excluding hydrogens is 347 g/mol. The number of aryl methyl sites for hydroxylation is 1. The van der Waals surface area contributed by atoms with Gasteiger partial charge in [0.05, 0.1) is 17.1 Å². The number of sulfonamides is 1. The summed E-state index contributed by atoms with van der Waals surface area (Å²) in [5, 5.41) is 0. The van der Waals surface area contributed by atoms with Gasteiger partial charge in [-0.05, 0) is 42.8 Å². The minimum atomic E-state index is -3.88. The lowest BCUT2D eigenvalue weighted by Crippen LogP contribution is -2.49. The van der Waals surface area contributed by atoms with E-state index in [0.29, 0.717) is 11.4 Å². The van der Waals surface area contributed by atoms with Gasteiger partial charge in [0.2, 0.25) is 10.0 Å². The number of rotatable bonds is 4. The first-order valence-corrected chi connectivity index (χ1v) is 9.07. The van der Waals surface area contributed by atoms with Gasteiger partial charge in [0.1, 0.15) is 11.6 Å². The predicted octanol–water partition coefficient (Wildman–Crippen LogP) is 1.84. The molecule has 6 nitrogen and oxygen atoms in total. The van der Waals surface area contributed by atoms with Crippen molar-refractivity contribution in [3.63, 3.8) is 0 Å². The van der Waals surface area contributed by atoms with E-state index in [-0.39, 0.29) is 22.9 Å². The topological polar surface area (TPSA) is 75.7 Å². The third kappa shape index (κ3) is 3.35. The number of hydrogen-bond donors (Lipinski definition) is 1. The van der Waals surface area contributed by atoms with Gasteiger partial charge in [-0.3, -0.25) is 4.79 Å². The number of likely N-dealkylation sites (N-methyl/N-ethyl adjacent to an activating group) is 1. The number of hydrogen-bond acceptors (Lipinski definition) is 4. The predicted molar refractivity (Wildman–Crippen MR) is 90.6 cm³/mol. The zero-order valence-electron chi connectivity index (χ0n) is 13.7. The first kappa shape index (κ1) is 17.4. The van der Waals surface area contributed by atoms with Crippen LogP contribution in [0.2, 0.25) is 0 Å². The molecule has 0 saturated carbocycles. The number of nitrogens with zero attached hydrogens (tertiary/aromatic N) is 1. The van der Waals surface area contributed by atoms with E-state index in [4.69, 9.17) is 4.74 Å². The molecule has 0 bridgehead atoms. The van der Waals surface area contributed by atoms with Crippen LogP contribution in [-0.4, -0.2) is 34.0 Å². The maximum absolute atomic E-state index is 13.3. The van der Waals surface area contributed by atoms with Crippen LogP contribution in [0, 0.1) is 12.7 Å². The number of amides is 1. The van der Waals surface area contributed by atoms with Crippen LogP contribution in [0.5, 0.6) is 5.75 Å². The van der Waals surface area contributed by atoms with Crippen molar-refractivity contribution in [2.24, 2.45) is 0 Å². The zero-order chi connectivity index (χ0) is 18.2. The summed E-state index contributed by atoms with van der Waals surface area (Å²) in [7, 11) is -2.28. The highest BCUT2D eigenvalue weighted by atomic mass is 32.2. The van der Waals surface area contributed by atoms with E-state index in [2.05, 4.69) is 4.72 Å². The summed E-state index contributed by atoms with van der Waals surface area (Å²) in [6.07, 6.45) is -0.976. The number of para-hydroxylation sites is 2. The maximum Gasteiger partial charge on any atom is 0.269 e. The van der Waals surface area contributed by atoms with Crippen molar-refractivity contribution in [2.75, 3.05) is 18.5 Å². The fourth-order valence-electron chi connectivity index (χ4n) is 2.55. The summed E-state index contributed by atoms with van der Waals surface area (Å²) >= 11 is 0. The second kappa shape index (κ2) is 6.45. The van der Waals surface area contributed by atoms with Crippen molar-refractivity contribution in [3.05, 3.63) is 53.8 Å². The van der Waals surface area contributed by atoms with E-state index in [0.717, 1.165) is 6.07 Å². The second-order valence-corrected chi connectivity index (χ2v) is 7.50. The smallest absolute Gasteiger partial charge is 0.269 e. The van der Waals surface area contributed by atoms with Crippen molar-refractivity contribution in [1.29, 1.82) is 0 Å². The number of anilines is 1. The highest BCUT2D eigenvalue weighted by Gasteiger charge is 2.33. The van der Waals surface area contributed by atoms with Crippen LogP contribution in [0.1, 0.15) is 5.56 Å². The maximum atomic E-state index is 13.3. The first-order valence-electron chi connectivity index (χ1n) is 7.58. The van der Waals surface area contributed by atoms with E-state index in [1.54, 1.807) is 31.3 Å². The molecule has 0 fully saturated rings. The Morgan fingerprint density at radius 3 is 2.68 bits per heavy atom. The van der Waals surface area contributed by atoms with E-state index in [1.165, 1.54) is 24.0 Å². The van der Waals surface area contributed by atoms with E-state index >= 15 is 0 Å². The highest BCUT2D eigenvalue weighted by molar-refractivity contribution is 7.89. The van der Waals surface area contributed by atoms with Crippen molar-refractivity contribution >= 4 is 21.6 Å². The Hall–Kier alpha value is -2.45. The van der Waals surface area contributed by atoms with Gasteiger partial charge in [-0.25, -0.2) is 17.5 Å². The Morgan fingerprint density at radius 1 is 1.24 bits per heavy atom. The van der Waals surface area contributed by atoms with Crippen molar-refractivity contribution in [1.82, 2.24) is 4.72 Å². The molecule has 1 aliphatic heterocycles. The third-order valence-corrected chi connectivity index (χ3v) is 5.42. The zero-order valence-corrected chi connectivity index (χ0v) is 14.5. The quantitative estimate of drug-likeness (QED) is 0.898. The molecule has 1 N–H and O–H groups in total. The lowest BCUT2D eigenvalue weighted by atomic mass is 10.2. The van der Waals surface area contributed by atoms with Crippen LogP contribution < -0.4 is 14.4 Å². The molecule has 0 spiro atoms. The minimum absolute atomic E-state index is 0.0663. The SMILES string of the molecule is Cc1cc(S(=O)(=O)NCC2Oc3ccccc3N(C)C2=O)ccc1F. The van der Waals surface area contributed by atoms with Crippen LogP contribution in [-0.2, 0) is 14.8 Å². The fourth-order valence-corrected chi connectivity index (χ4v) is 3.67. The molecular formula is C17H17FN2O4S. The van der Waals surface area contributed by atoms with Crippen molar-refractivity contribution in [3.8, 4) is 5.75 Å². The molecule has 2 aromatic rings. The lowest BCUT2D eigenvalue weighted by Gasteiger charge is -2.31. The molecule has 1 amide bonds. The monoisotopic (exact) mass is 364 g/mol. The summed E-state index contributed by atoms with van der Waals surface area (Å²) in [6.45, 7) is 1.25. The van der Waals surface area contributed by atoms with Crippen LogP contribution in [0.15, 0.2) is 47.4 Å². The van der Waals surface area contributed by atoms with E-state index in [9.17, 15) is 17.6 Å². The van der Waals surface area contributed by atoms with Gasteiger partial charge in [-0.1, -0.05) is 12.1 Å². The number of carbonyl (C=O) groups is 1. The summed E-state index contributed by atoms with van der Waals surface area (Å²) in [4.78, 5) is 13.7. The standard InChI is InChI=1S/C17H17FN2O4S/c1-11-9-12(7-8-13(11)18)25(22,23)19-10-16-17(21)20(2)14-5-3-4-6-15(14)24-16/h3-9,16,19H,10H2,1-2H3. The molecule has 25 heavy (non-hydrogen) atoms. The Bertz CT molecular complexity index is 930. The molecule has 0 aliphatic carbocycles. The lowest BCUT2D eigenvalue weighted by molar-refractivity contribution is -0.125. The van der Waals surface area contributed by atoms with Crippen molar-refractivity contribution < 1.29 is 22.3 Å². The average molecular weight is 364 g/mol. The number of carbonyl (C=O) groups excluding carboxylic acids is 1. The molecule has 0 saturated heterocycles. The molecule has 1 aliphatic rings. The molecule has 8 heteroatoms. The number of fused-ring (bicyclic) bond motifs is 1.